The van der Waals surface area contributed by atoms with Gasteiger partial charge in [-0.3, -0.25) is 14.4 Å². The van der Waals surface area contributed by atoms with Gasteiger partial charge in [0, 0.05) is 20.1 Å². The number of amides is 2. The summed E-state index contributed by atoms with van der Waals surface area (Å²) >= 11 is 0. The van der Waals surface area contributed by atoms with Crippen molar-refractivity contribution in [2.24, 2.45) is 0 Å². The monoisotopic (exact) mass is 636 g/mol. The molecule has 0 radical (unpaired) electrons. The first-order valence-electron chi connectivity index (χ1n) is 13.3. The molecule has 0 saturated heterocycles. The summed E-state index contributed by atoms with van der Waals surface area (Å²) in [4.78, 5) is 37.1. The molecule has 0 aliphatic rings. The van der Waals surface area contributed by atoms with Crippen LogP contribution in [0.5, 0.6) is 0 Å². The predicted molar refractivity (Wildman–Crippen MR) is 151 cm³/mol. The third-order valence-corrected chi connectivity index (χ3v) is 8.35. The topological polar surface area (TPSA) is 278 Å². The van der Waals surface area contributed by atoms with Crippen LogP contribution >= 0.6 is 0 Å². The van der Waals surface area contributed by atoms with Crippen LogP contribution in [-0.2, 0) is 24.4 Å². The van der Waals surface area contributed by atoms with E-state index in [1.807, 2.05) is 0 Å². The van der Waals surface area contributed by atoms with Crippen molar-refractivity contribution in [2.45, 2.75) is 54.6 Å². The van der Waals surface area contributed by atoms with Crippen LogP contribution < -0.4 is 16.1 Å². The molecule has 0 aliphatic carbocycles. The molecule has 17 nitrogen and oxygen atoms in total. The summed E-state index contributed by atoms with van der Waals surface area (Å²) in [5.41, 5.74) is -0.0106. The fraction of sp³-hybridized carbons (Fsp3) is 0.625. The number of hydrogen-bond acceptors (Lipinski definition) is 13. The number of likely N-dealkylation sites (N-methyl/N-ethyl adjacent to an activating group) is 2. The van der Waals surface area contributed by atoms with E-state index in [9.17, 15) is 53.3 Å². The molecule has 0 spiro atoms. The minimum absolute atomic E-state index is 0.0106. The van der Waals surface area contributed by atoms with Crippen LogP contribution in [0.1, 0.15) is 19.3 Å². The quantitative estimate of drug-likeness (QED) is 0.0472. The van der Waals surface area contributed by atoms with Crippen molar-refractivity contribution < 1.29 is 63.5 Å². The highest BCUT2D eigenvalue weighted by molar-refractivity contribution is 7.89. The van der Waals surface area contributed by atoms with E-state index < -0.39 is 91.6 Å². The fourth-order valence-electron chi connectivity index (χ4n) is 3.82. The van der Waals surface area contributed by atoms with Crippen LogP contribution in [0.4, 0.5) is 0 Å². The average Bonchev–Trinajstić information content (AvgIpc) is 2.96. The Balaban J connectivity index is 3.02. The van der Waals surface area contributed by atoms with Gasteiger partial charge in [0.15, 0.2) is 0 Å². The summed E-state index contributed by atoms with van der Waals surface area (Å²) in [6.45, 7) is -3.16. The van der Waals surface area contributed by atoms with Crippen molar-refractivity contribution in [3.8, 4) is 0 Å². The maximum atomic E-state index is 13.4. The molecule has 10 N–H and O–H groups in total. The van der Waals surface area contributed by atoms with E-state index in [1.165, 1.54) is 7.05 Å². The van der Waals surface area contributed by atoms with Gasteiger partial charge in [-0.05, 0) is 43.9 Å². The summed E-state index contributed by atoms with van der Waals surface area (Å²) in [5.74, 6) is -2.72. The highest BCUT2D eigenvalue weighted by atomic mass is 32.2. The van der Waals surface area contributed by atoms with Crippen molar-refractivity contribution >= 4 is 40.4 Å². The Bertz CT molecular complexity index is 1140. The van der Waals surface area contributed by atoms with E-state index in [4.69, 9.17) is 10.2 Å². The maximum Gasteiger partial charge on any atom is 0.488 e. The van der Waals surface area contributed by atoms with Gasteiger partial charge in [0.2, 0.25) is 21.8 Å². The summed E-state index contributed by atoms with van der Waals surface area (Å²) in [7, 11) is -3.73. The van der Waals surface area contributed by atoms with Crippen LogP contribution in [0.25, 0.3) is 0 Å². The first kappa shape index (κ1) is 38.3. The van der Waals surface area contributed by atoms with Crippen molar-refractivity contribution in [1.82, 2.24) is 19.8 Å². The van der Waals surface area contributed by atoms with Crippen molar-refractivity contribution in [3.05, 3.63) is 24.3 Å². The van der Waals surface area contributed by atoms with Crippen LogP contribution in [0, 0.1) is 0 Å². The van der Waals surface area contributed by atoms with Crippen molar-refractivity contribution in [1.29, 1.82) is 0 Å². The summed E-state index contributed by atoms with van der Waals surface area (Å²) < 4.78 is 27.3. The van der Waals surface area contributed by atoms with Gasteiger partial charge < -0.3 is 56.2 Å². The summed E-state index contributed by atoms with van der Waals surface area (Å²) in [5, 5.41) is 81.2. The summed E-state index contributed by atoms with van der Waals surface area (Å²) in [6, 6.07) is 3.60. The van der Waals surface area contributed by atoms with E-state index in [0.717, 1.165) is 36.2 Å². The average molecular weight is 636 g/mol. The second-order valence-corrected chi connectivity index (χ2v) is 11.8. The van der Waals surface area contributed by atoms with Gasteiger partial charge in [0.05, 0.1) is 24.6 Å². The molecule has 244 valence electrons. The Morgan fingerprint density at radius 3 is 2.05 bits per heavy atom. The van der Waals surface area contributed by atoms with Gasteiger partial charge in [-0.2, -0.15) is 4.31 Å². The van der Waals surface area contributed by atoms with Gasteiger partial charge in [-0.25, -0.2) is 8.42 Å². The first-order valence-corrected chi connectivity index (χ1v) is 14.7. The number of carbonyl (C=O) groups excluding carboxylic acids is 2. The zero-order valence-corrected chi connectivity index (χ0v) is 24.7. The maximum absolute atomic E-state index is 13.4. The number of carboxylic acid groups (broad SMARTS) is 1. The molecular formula is C24H41BN4O13S. The zero-order chi connectivity index (χ0) is 32.9. The second kappa shape index (κ2) is 18.2. The lowest BCUT2D eigenvalue weighted by atomic mass is 9.81. The molecule has 1 aromatic rings. The highest BCUT2D eigenvalue weighted by Gasteiger charge is 2.33. The normalized spacial score (nSPS) is 15.3. The Hall–Kier alpha value is -2.72. The van der Waals surface area contributed by atoms with Crippen LogP contribution in [-0.4, -0.2) is 161 Å². The predicted octanol–water partition coefficient (Wildman–Crippen LogP) is -5.79. The van der Waals surface area contributed by atoms with Gasteiger partial charge in [0.1, 0.15) is 30.5 Å². The Morgan fingerprint density at radius 2 is 1.53 bits per heavy atom. The minimum Gasteiger partial charge on any atom is -0.480 e. The number of nitrogens with zero attached hydrogens (tertiary/aromatic N) is 2. The van der Waals surface area contributed by atoms with Crippen LogP contribution in [0.2, 0.25) is 0 Å². The van der Waals surface area contributed by atoms with Crippen LogP contribution in [0.15, 0.2) is 29.2 Å². The number of sulfonamides is 1. The van der Waals surface area contributed by atoms with Crippen molar-refractivity contribution in [3.63, 3.8) is 0 Å². The number of carbonyl (C=O) groups is 3. The van der Waals surface area contributed by atoms with E-state index in [2.05, 4.69) is 10.6 Å². The number of hydrogen-bond donors (Lipinski definition) is 10. The summed E-state index contributed by atoms with van der Waals surface area (Å²) in [6.07, 6.45) is -6.39. The fourth-order valence-corrected chi connectivity index (χ4v) is 5.17. The van der Waals surface area contributed by atoms with Crippen molar-refractivity contribution in [2.75, 3.05) is 46.9 Å². The molecule has 0 unspecified atom stereocenters. The molecule has 19 heteroatoms. The SMILES string of the molecule is CN[C@@H](CCCCNC(=O)CN(CC(=O)N(C)C[C@@H](O)[C@H](O)[C@@H](O)[C@@H](O)CO)S(=O)(=O)c1ccc(B(O)O)cc1)C(=O)O. The zero-order valence-electron chi connectivity index (χ0n) is 23.9. The van der Waals surface area contributed by atoms with E-state index in [1.54, 1.807) is 0 Å². The largest absolute Gasteiger partial charge is 0.488 e. The van der Waals surface area contributed by atoms with E-state index in [0.29, 0.717) is 17.1 Å². The molecule has 0 aromatic heterocycles. The highest BCUT2D eigenvalue weighted by Crippen LogP contribution is 2.15. The van der Waals surface area contributed by atoms with Gasteiger partial charge in [0.25, 0.3) is 0 Å². The second-order valence-electron chi connectivity index (χ2n) is 9.81. The van der Waals surface area contributed by atoms with Crippen LogP contribution in [0.3, 0.4) is 0 Å². The minimum atomic E-state index is -4.52. The van der Waals surface area contributed by atoms with E-state index in [-0.39, 0.29) is 23.3 Å². The standard InChI is InChI=1S/C24H41BN4O13S/c1-26-17(24(37)38)5-3-4-10-27-20(33)12-29(43(41,42)16-8-6-15(7-9-16)25(39)40)13-21(34)28(2)11-18(31)22(35)23(36)19(32)14-30/h6-9,17-19,22-23,26,30-32,35-36,39-40H,3-5,10-14H2,1-2H3,(H,27,33)(H,37,38)/t17-,18+,19-,22-,23-/m0/s1. The number of nitrogens with one attached hydrogen (secondary N) is 2. The molecule has 0 heterocycles. The Kier molecular flexibility index (Phi) is 16.2. The molecule has 0 saturated carbocycles. The molecule has 43 heavy (non-hydrogen) atoms. The van der Waals surface area contributed by atoms with Gasteiger partial charge in [-0.15, -0.1) is 0 Å². The Labute approximate surface area is 249 Å². The lowest BCUT2D eigenvalue weighted by Crippen LogP contribution is -2.51. The molecule has 1 aromatic carbocycles. The van der Waals surface area contributed by atoms with E-state index >= 15 is 0 Å². The number of carboxylic acids is 1. The third-order valence-electron chi connectivity index (χ3n) is 6.55. The molecule has 1 rings (SSSR count). The molecule has 0 aliphatic heterocycles. The smallest absolute Gasteiger partial charge is 0.480 e. The number of aliphatic hydroxyl groups excluding tert-OH is 5. The molecular weight excluding hydrogens is 595 g/mol. The number of aliphatic hydroxyl groups is 5. The third kappa shape index (κ3) is 12.1. The number of rotatable bonds is 20. The molecule has 0 fully saturated rings. The number of benzene rings is 1. The number of aliphatic carboxylic acids is 1. The lowest BCUT2D eigenvalue weighted by Gasteiger charge is -2.29. The Morgan fingerprint density at radius 1 is 0.953 bits per heavy atom. The van der Waals surface area contributed by atoms with Gasteiger partial charge in [-0.1, -0.05) is 12.1 Å². The lowest BCUT2D eigenvalue weighted by molar-refractivity contribution is -0.140. The molecule has 2 amide bonds. The molecule has 5 atom stereocenters. The number of unbranched alkanes of at least 4 members (excludes halogenated alkanes) is 1. The first-order chi connectivity index (χ1) is 20.1. The van der Waals surface area contributed by atoms with Gasteiger partial charge >= 0.3 is 13.1 Å². The molecule has 0 bridgehead atoms.